The lowest BCUT2D eigenvalue weighted by atomic mass is 9.79. The van der Waals surface area contributed by atoms with Gasteiger partial charge in [-0.15, -0.1) is 0 Å². The van der Waals surface area contributed by atoms with Gasteiger partial charge in [-0.1, -0.05) is 68.5 Å². The van der Waals surface area contributed by atoms with Crippen LogP contribution < -0.4 is 15.0 Å². The van der Waals surface area contributed by atoms with Crippen molar-refractivity contribution >= 4 is 59.9 Å². The van der Waals surface area contributed by atoms with Gasteiger partial charge in [0, 0.05) is 47.5 Å². The first-order chi connectivity index (χ1) is 27.5. The van der Waals surface area contributed by atoms with Crippen LogP contribution in [0, 0.1) is 0 Å². The molecule has 0 saturated heterocycles. The average molecular weight is 849 g/mol. The topological polar surface area (TPSA) is 163 Å². The van der Waals surface area contributed by atoms with Crippen LogP contribution in [0.5, 0.6) is 5.75 Å². The molecule has 12 nitrogen and oxygen atoms in total. The van der Waals surface area contributed by atoms with Gasteiger partial charge in [-0.2, -0.15) is 21.4 Å². The molecule has 3 aromatic carbocycles. The number of carbonyl (C=O) groups excluding carboxylic acids is 1. The lowest BCUT2D eigenvalue weighted by Gasteiger charge is -2.27. The molecule has 59 heavy (non-hydrogen) atoms. The highest BCUT2D eigenvalue weighted by Crippen LogP contribution is 2.51. The van der Waals surface area contributed by atoms with Gasteiger partial charge in [0.05, 0.1) is 29.7 Å². The normalized spacial score (nSPS) is 17.2. The zero-order valence-electron chi connectivity index (χ0n) is 35.3. The molecule has 1 amide bonds. The third kappa shape index (κ3) is 11.1. The van der Waals surface area contributed by atoms with Crippen LogP contribution in [0.3, 0.4) is 0 Å². The summed E-state index contributed by atoms with van der Waals surface area (Å²) in [6, 6.07) is 16.3. The summed E-state index contributed by atoms with van der Waals surface area (Å²) in [5, 5.41) is 5.14. The van der Waals surface area contributed by atoms with E-state index in [0.717, 1.165) is 33.7 Å². The Balaban J connectivity index is 1.42. The molecule has 0 atom stereocenters. The molecule has 0 saturated carbocycles. The van der Waals surface area contributed by atoms with E-state index in [1.165, 1.54) is 18.1 Å². The lowest BCUT2D eigenvalue weighted by molar-refractivity contribution is -0.438. The number of benzene rings is 3. The Kier molecular flexibility index (Phi) is 13.7. The van der Waals surface area contributed by atoms with Crippen LogP contribution >= 0.6 is 0 Å². The Bertz CT molecular complexity index is 2450. The zero-order valence-corrected chi connectivity index (χ0v) is 36.9. The molecular formula is C45H58N3O9S2+. The Morgan fingerprint density at radius 1 is 0.847 bits per heavy atom. The van der Waals surface area contributed by atoms with Crippen molar-refractivity contribution in [2.45, 2.75) is 90.6 Å². The fourth-order valence-corrected chi connectivity index (χ4v) is 9.13. The van der Waals surface area contributed by atoms with Gasteiger partial charge >= 0.3 is 6.09 Å². The number of hydrogen-bond donors (Lipinski definition) is 3. The molecule has 0 spiro atoms. The number of methoxy groups -OCH3 is 1. The number of ether oxygens (including phenoxy) is 2. The van der Waals surface area contributed by atoms with E-state index in [0.29, 0.717) is 43.8 Å². The second kappa shape index (κ2) is 17.8. The average Bonchev–Trinajstić information content (AvgIpc) is 3.47. The van der Waals surface area contributed by atoms with Crippen LogP contribution in [-0.4, -0.2) is 79.6 Å². The second-order valence-corrected chi connectivity index (χ2v) is 20.1. The van der Waals surface area contributed by atoms with Gasteiger partial charge in [-0.05, 0) is 94.5 Å². The second-order valence-electron chi connectivity index (χ2n) is 17.0. The minimum atomic E-state index is -4.10. The molecule has 5 rings (SSSR count). The first-order valence-corrected chi connectivity index (χ1v) is 23.0. The van der Waals surface area contributed by atoms with Crippen molar-refractivity contribution in [2.75, 3.05) is 41.9 Å². The van der Waals surface area contributed by atoms with Crippen molar-refractivity contribution in [3.05, 3.63) is 108 Å². The predicted octanol–water partition coefficient (Wildman–Crippen LogP) is 9.26. The summed E-state index contributed by atoms with van der Waals surface area (Å²) in [6.07, 6.45) is 14.9. The molecule has 0 radical (unpaired) electrons. The number of rotatable bonds is 16. The minimum absolute atomic E-state index is 0.265. The standard InChI is InChI=1S/C45H57N3O9S2/c1-43(2,3)57-42(49)46-35-31-37-34(30-38(35)56-8)44(4,5)39(48(37)27-17-19-29-59(53,54)55)22-12-10-9-11-13-23-40-45(6,7)41-33-21-15-14-20-32(33)24-25-36(41)47(40)26-16-18-28-58(50,51)52/h9-15,20-25,30-31H,16-19,26-29H2,1-8H3,(H2-,46,49,50,51,52,53,54,55)/p+1. The van der Waals surface area contributed by atoms with Gasteiger partial charge in [-0.3, -0.25) is 14.4 Å². The molecule has 0 bridgehead atoms. The third-order valence-corrected chi connectivity index (χ3v) is 12.2. The number of allylic oxidation sites excluding steroid dienone is 8. The Labute approximate surface area is 349 Å². The maximum Gasteiger partial charge on any atom is 0.412 e. The Morgan fingerprint density at radius 2 is 1.49 bits per heavy atom. The molecule has 318 valence electrons. The third-order valence-electron chi connectivity index (χ3n) is 10.6. The summed E-state index contributed by atoms with van der Waals surface area (Å²) >= 11 is 0. The molecule has 0 aliphatic carbocycles. The van der Waals surface area contributed by atoms with Crippen molar-refractivity contribution in [3.63, 3.8) is 0 Å². The number of nitrogens with zero attached hydrogens (tertiary/aromatic N) is 2. The van der Waals surface area contributed by atoms with Crippen molar-refractivity contribution in [3.8, 4) is 5.75 Å². The highest BCUT2D eigenvalue weighted by Gasteiger charge is 2.45. The van der Waals surface area contributed by atoms with E-state index in [2.05, 4.69) is 72.8 Å². The lowest BCUT2D eigenvalue weighted by Crippen LogP contribution is -2.28. The first-order valence-electron chi connectivity index (χ1n) is 19.8. The van der Waals surface area contributed by atoms with E-state index < -0.39 is 37.3 Å². The fourth-order valence-electron chi connectivity index (χ4n) is 7.99. The van der Waals surface area contributed by atoms with Gasteiger partial charge in [0.1, 0.15) is 17.9 Å². The number of hydrogen-bond acceptors (Lipinski definition) is 8. The molecule has 2 heterocycles. The van der Waals surface area contributed by atoms with Crippen molar-refractivity contribution in [1.29, 1.82) is 0 Å². The number of unbranched alkanes of at least 4 members (excludes halogenated alkanes) is 2. The molecule has 14 heteroatoms. The quantitative estimate of drug-likeness (QED) is 0.0548. The number of anilines is 2. The number of nitrogens with one attached hydrogen (secondary N) is 1. The van der Waals surface area contributed by atoms with E-state index in [4.69, 9.17) is 9.47 Å². The fraction of sp³-hybridized carbons (Fsp3) is 0.422. The van der Waals surface area contributed by atoms with Gasteiger partial charge in [-0.25, -0.2) is 4.79 Å². The summed E-state index contributed by atoms with van der Waals surface area (Å²) in [5.74, 6) is -0.148. The molecule has 0 aromatic heterocycles. The van der Waals surface area contributed by atoms with Crippen LogP contribution in [0.2, 0.25) is 0 Å². The number of fused-ring (bicyclic) bond motifs is 4. The smallest absolute Gasteiger partial charge is 0.412 e. The number of amides is 1. The molecule has 0 unspecified atom stereocenters. The number of carbonyl (C=O) groups is 1. The SMILES string of the molecule is COc1cc2c(cc1NC(=O)OC(C)(C)C)N(CCCCS(=O)(=O)O)C(=CC=CC=CC=CC1=[N+](CCCCS(=O)(=O)O)c3ccc4ccccc4c3C1(C)C)C2(C)C. The van der Waals surface area contributed by atoms with Gasteiger partial charge < -0.3 is 14.4 Å². The summed E-state index contributed by atoms with van der Waals surface area (Å²) in [7, 11) is -6.60. The Hall–Kier alpha value is -4.76. The molecule has 2 aliphatic rings. The largest absolute Gasteiger partial charge is 0.495 e. The maximum atomic E-state index is 12.8. The summed E-state index contributed by atoms with van der Waals surface area (Å²) < 4.78 is 77.9. The van der Waals surface area contributed by atoms with Crippen molar-refractivity contribution < 1.29 is 44.8 Å². The highest BCUT2D eigenvalue weighted by molar-refractivity contribution is 7.86. The van der Waals surface area contributed by atoms with Gasteiger partial charge in [0.2, 0.25) is 5.69 Å². The van der Waals surface area contributed by atoms with Gasteiger partial charge in [0.15, 0.2) is 5.71 Å². The Morgan fingerprint density at radius 3 is 2.15 bits per heavy atom. The van der Waals surface area contributed by atoms with Crippen LogP contribution in [0.1, 0.15) is 85.3 Å². The van der Waals surface area contributed by atoms with E-state index >= 15 is 0 Å². The summed E-state index contributed by atoms with van der Waals surface area (Å²) in [4.78, 5) is 14.9. The predicted molar refractivity (Wildman–Crippen MR) is 237 cm³/mol. The van der Waals surface area contributed by atoms with E-state index in [1.54, 1.807) is 20.8 Å². The van der Waals surface area contributed by atoms with Crippen LogP contribution in [-0.2, 0) is 35.8 Å². The van der Waals surface area contributed by atoms with E-state index in [1.807, 2.05) is 60.7 Å². The molecular weight excluding hydrogens is 791 g/mol. The zero-order chi connectivity index (χ0) is 43.4. The van der Waals surface area contributed by atoms with Crippen LogP contribution in [0.25, 0.3) is 10.8 Å². The monoisotopic (exact) mass is 848 g/mol. The summed E-state index contributed by atoms with van der Waals surface area (Å²) in [5.41, 5.74) is 5.02. The summed E-state index contributed by atoms with van der Waals surface area (Å²) in [6.45, 7) is 15.0. The van der Waals surface area contributed by atoms with Crippen molar-refractivity contribution in [1.82, 2.24) is 0 Å². The van der Waals surface area contributed by atoms with E-state index in [-0.39, 0.29) is 23.3 Å². The molecule has 3 aromatic rings. The maximum absolute atomic E-state index is 12.8. The van der Waals surface area contributed by atoms with Crippen molar-refractivity contribution in [2.24, 2.45) is 0 Å². The minimum Gasteiger partial charge on any atom is -0.495 e. The van der Waals surface area contributed by atoms with E-state index in [9.17, 15) is 30.7 Å². The highest BCUT2D eigenvalue weighted by atomic mass is 32.2. The van der Waals surface area contributed by atoms with Crippen LogP contribution in [0.4, 0.5) is 21.9 Å². The molecule has 0 fully saturated rings. The van der Waals surface area contributed by atoms with Crippen LogP contribution in [0.15, 0.2) is 96.8 Å². The van der Waals surface area contributed by atoms with Gasteiger partial charge in [0.25, 0.3) is 20.2 Å². The molecule has 2 aliphatic heterocycles. The first kappa shape index (κ1) is 45.3. The molecule has 3 N–H and O–H groups in total.